The zero-order valence-corrected chi connectivity index (χ0v) is 21.5. The molecule has 32 heavy (non-hydrogen) atoms. The fourth-order valence-corrected chi connectivity index (χ4v) is 3.46. The molecule has 0 fully saturated rings. The Hall–Kier alpha value is -1.79. The fourth-order valence-electron chi connectivity index (χ4n) is 3.46. The third-order valence-corrected chi connectivity index (χ3v) is 5.34. The van der Waals surface area contributed by atoms with Crippen LogP contribution in [0.2, 0.25) is 0 Å². The first-order chi connectivity index (χ1) is 15.1. The highest BCUT2D eigenvalue weighted by Crippen LogP contribution is 2.26. The van der Waals surface area contributed by atoms with E-state index in [-0.39, 0.29) is 5.97 Å². The Balaban J connectivity index is 2.22. The van der Waals surface area contributed by atoms with Crippen LogP contribution >= 0.6 is 0 Å². The van der Waals surface area contributed by atoms with Gasteiger partial charge in [0, 0.05) is 6.42 Å². The molecule has 0 aliphatic heterocycles. The Morgan fingerprint density at radius 1 is 0.812 bits per heavy atom. The van der Waals surface area contributed by atoms with Crippen molar-refractivity contribution in [3.05, 3.63) is 35.4 Å². The van der Waals surface area contributed by atoms with Gasteiger partial charge >= 0.3 is 5.97 Å². The van der Waals surface area contributed by atoms with Crippen LogP contribution in [0.3, 0.4) is 0 Å². The minimum Gasteiger partial charge on any atom is -0.460 e. The lowest BCUT2D eigenvalue weighted by Crippen LogP contribution is -2.35. The number of hydrogen-bond donors (Lipinski definition) is 0. The van der Waals surface area contributed by atoms with Gasteiger partial charge in [-0.1, -0.05) is 82.1 Å². The van der Waals surface area contributed by atoms with Gasteiger partial charge in [-0.25, -0.2) is 0 Å². The van der Waals surface area contributed by atoms with Gasteiger partial charge in [0.05, 0.1) is 12.0 Å². The van der Waals surface area contributed by atoms with Crippen molar-refractivity contribution < 1.29 is 14.3 Å². The van der Waals surface area contributed by atoms with Crippen molar-refractivity contribution in [2.24, 2.45) is 5.41 Å². The van der Waals surface area contributed by atoms with Crippen LogP contribution in [0, 0.1) is 17.3 Å². The van der Waals surface area contributed by atoms with E-state index in [9.17, 15) is 4.79 Å². The molecular formula is C29H46O3. The minimum absolute atomic E-state index is 0.164. The lowest BCUT2D eigenvalue weighted by atomic mass is 9.85. The van der Waals surface area contributed by atoms with Crippen LogP contribution in [0.1, 0.15) is 110 Å². The van der Waals surface area contributed by atoms with E-state index in [1.165, 1.54) is 51.4 Å². The van der Waals surface area contributed by atoms with Crippen molar-refractivity contribution in [1.29, 1.82) is 0 Å². The Morgan fingerprint density at radius 2 is 1.38 bits per heavy atom. The smallest absolute Gasteiger partial charge is 0.312 e. The Morgan fingerprint density at radius 3 is 1.97 bits per heavy atom. The maximum atomic E-state index is 12.4. The summed E-state index contributed by atoms with van der Waals surface area (Å²) in [6.45, 7) is 12.9. The summed E-state index contributed by atoms with van der Waals surface area (Å²) in [5.41, 5.74) is 1.21. The molecule has 0 radical (unpaired) electrons. The number of ether oxygens (including phenoxy) is 2. The predicted octanol–water partition coefficient (Wildman–Crippen LogP) is 7.65. The quantitative estimate of drug-likeness (QED) is 0.169. The van der Waals surface area contributed by atoms with E-state index in [2.05, 4.69) is 43.0 Å². The summed E-state index contributed by atoms with van der Waals surface area (Å²) in [6.07, 6.45) is 12.3. The molecule has 0 amide bonds. The highest BCUT2D eigenvalue weighted by Gasteiger charge is 2.32. The van der Waals surface area contributed by atoms with Gasteiger partial charge in [-0.3, -0.25) is 4.79 Å². The number of hydrogen-bond acceptors (Lipinski definition) is 3. The molecule has 0 aliphatic carbocycles. The van der Waals surface area contributed by atoms with Crippen LogP contribution in [-0.2, 0) is 27.3 Å². The lowest BCUT2D eigenvalue weighted by Gasteiger charge is -2.28. The summed E-state index contributed by atoms with van der Waals surface area (Å²) in [7, 11) is 0. The molecule has 1 aromatic carbocycles. The number of carbonyl (C=O) groups is 1. The largest absolute Gasteiger partial charge is 0.460 e. The molecule has 180 valence electrons. The van der Waals surface area contributed by atoms with Gasteiger partial charge in [-0.15, -0.1) is 5.92 Å². The summed E-state index contributed by atoms with van der Waals surface area (Å²) < 4.78 is 11.2. The van der Waals surface area contributed by atoms with Gasteiger partial charge in [0.15, 0.2) is 0 Å². The van der Waals surface area contributed by atoms with Crippen molar-refractivity contribution in [3.8, 4) is 11.8 Å². The third-order valence-electron chi connectivity index (χ3n) is 5.34. The lowest BCUT2D eigenvalue weighted by molar-refractivity contribution is -0.165. The number of unbranched alkanes of at least 4 members (excludes halogenated alkanes) is 8. The van der Waals surface area contributed by atoms with E-state index in [4.69, 9.17) is 9.47 Å². The molecule has 0 aliphatic rings. The Kier molecular flexibility index (Phi) is 13.3. The van der Waals surface area contributed by atoms with Crippen molar-refractivity contribution in [2.75, 3.05) is 6.61 Å². The first-order valence-electron chi connectivity index (χ1n) is 12.5. The summed E-state index contributed by atoms with van der Waals surface area (Å²) in [5, 5.41) is 0. The van der Waals surface area contributed by atoms with Crippen LogP contribution in [0.4, 0.5) is 0 Å². The van der Waals surface area contributed by atoms with Gasteiger partial charge < -0.3 is 9.47 Å². The molecule has 0 unspecified atom stereocenters. The molecule has 0 spiro atoms. The molecule has 1 aromatic rings. The van der Waals surface area contributed by atoms with E-state index >= 15 is 0 Å². The zero-order valence-electron chi connectivity index (χ0n) is 21.5. The first kappa shape index (κ1) is 28.2. The summed E-state index contributed by atoms with van der Waals surface area (Å²) in [4.78, 5) is 12.4. The zero-order chi connectivity index (χ0) is 23.9. The van der Waals surface area contributed by atoms with Gasteiger partial charge in [-0.2, -0.15) is 0 Å². The summed E-state index contributed by atoms with van der Waals surface area (Å²) >= 11 is 0. The number of rotatable bonds is 14. The van der Waals surface area contributed by atoms with E-state index in [0.29, 0.717) is 19.6 Å². The van der Waals surface area contributed by atoms with Gasteiger partial charge in [0.1, 0.15) is 12.2 Å². The van der Waals surface area contributed by atoms with E-state index in [1.807, 2.05) is 34.6 Å². The average molecular weight is 443 g/mol. The third kappa shape index (κ3) is 13.6. The second-order valence-corrected chi connectivity index (χ2v) is 10.5. The highest BCUT2D eigenvalue weighted by molar-refractivity contribution is 5.76. The highest BCUT2D eigenvalue weighted by atomic mass is 16.6. The molecule has 0 atom stereocenters. The SMILES string of the molecule is CCCCCCCCCCC#CCOCc1ccc(CC(C)(C)C(=O)OC(C)(C)C)cc1. The molecule has 0 heterocycles. The van der Waals surface area contributed by atoms with Crippen LogP contribution in [0.25, 0.3) is 0 Å². The molecule has 3 heteroatoms. The van der Waals surface area contributed by atoms with Crippen LogP contribution in [-0.4, -0.2) is 18.2 Å². The Labute approximate surface area is 197 Å². The normalized spacial score (nSPS) is 11.7. The molecular weight excluding hydrogens is 396 g/mol. The first-order valence-corrected chi connectivity index (χ1v) is 12.5. The molecule has 3 nitrogen and oxygen atoms in total. The van der Waals surface area contributed by atoms with Crippen molar-refractivity contribution in [2.45, 2.75) is 118 Å². The van der Waals surface area contributed by atoms with E-state index < -0.39 is 11.0 Å². The van der Waals surface area contributed by atoms with E-state index in [0.717, 1.165) is 17.5 Å². The number of benzene rings is 1. The molecule has 0 N–H and O–H groups in total. The van der Waals surface area contributed by atoms with Crippen LogP contribution in [0.5, 0.6) is 0 Å². The van der Waals surface area contributed by atoms with Gasteiger partial charge in [-0.05, 0) is 58.6 Å². The Bertz CT molecular complexity index is 699. The molecule has 0 aromatic heterocycles. The number of esters is 1. The fraction of sp³-hybridized carbons (Fsp3) is 0.690. The molecule has 1 rings (SSSR count). The second-order valence-electron chi connectivity index (χ2n) is 10.5. The van der Waals surface area contributed by atoms with Crippen molar-refractivity contribution in [1.82, 2.24) is 0 Å². The molecule has 0 saturated carbocycles. The summed E-state index contributed by atoms with van der Waals surface area (Å²) in [6, 6.07) is 8.26. The summed E-state index contributed by atoms with van der Waals surface area (Å²) in [5.74, 6) is 6.19. The maximum Gasteiger partial charge on any atom is 0.312 e. The van der Waals surface area contributed by atoms with E-state index in [1.54, 1.807) is 0 Å². The maximum absolute atomic E-state index is 12.4. The topological polar surface area (TPSA) is 35.5 Å². The molecule has 0 bridgehead atoms. The van der Waals surface area contributed by atoms with Gasteiger partial charge in [0.2, 0.25) is 0 Å². The average Bonchev–Trinajstić information content (AvgIpc) is 2.71. The molecule has 0 saturated heterocycles. The minimum atomic E-state index is -0.560. The van der Waals surface area contributed by atoms with Crippen LogP contribution in [0.15, 0.2) is 24.3 Å². The predicted molar refractivity (Wildman–Crippen MR) is 134 cm³/mol. The van der Waals surface area contributed by atoms with Crippen molar-refractivity contribution in [3.63, 3.8) is 0 Å². The second kappa shape index (κ2) is 15.1. The standard InChI is InChI=1S/C29H46O3/c1-7-8-9-10-11-12-13-14-15-16-17-22-31-24-26-20-18-25(19-21-26)23-29(5,6)27(30)32-28(2,3)4/h18-21H,7-15,22-24H2,1-6H3. The van der Waals surface area contributed by atoms with Crippen molar-refractivity contribution >= 4 is 5.97 Å². The monoisotopic (exact) mass is 442 g/mol. The number of carbonyl (C=O) groups excluding carboxylic acids is 1. The van der Waals surface area contributed by atoms with Crippen LogP contribution < -0.4 is 0 Å². The van der Waals surface area contributed by atoms with Gasteiger partial charge in [0.25, 0.3) is 0 Å².